The Balaban J connectivity index is 2.31. The van der Waals surface area contributed by atoms with Gasteiger partial charge in [-0.05, 0) is 36.6 Å². The van der Waals surface area contributed by atoms with Gasteiger partial charge >= 0.3 is 0 Å². The van der Waals surface area contributed by atoms with Gasteiger partial charge in [-0.2, -0.15) is 4.37 Å². The summed E-state index contributed by atoms with van der Waals surface area (Å²) in [6.07, 6.45) is 2.67. The van der Waals surface area contributed by atoms with Gasteiger partial charge in [0.15, 0.2) is 4.34 Å². The molecule has 0 aliphatic carbocycles. The first kappa shape index (κ1) is 15.1. The van der Waals surface area contributed by atoms with Crippen LogP contribution in [0.2, 0.25) is 0 Å². The van der Waals surface area contributed by atoms with Gasteiger partial charge in [0.1, 0.15) is 22.5 Å². The zero-order chi connectivity index (χ0) is 14.5. The van der Waals surface area contributed by atoms with E-state index in [4.69, 9.17) is 5.84 Å². The van der Waals surface area contributed by atoms with Crippen molar-refractivity contribution < 1.29 is 0 Å². The fourth-order valence-corrected chi connectivity index (χ4v) is 3.34. The molecule has 0 atom stereocenters. The maximum atomic E-state index is 5.53. The SMILES string of the molecule is CCCc1nc(NN)c(C)c(Sc2nc(CC)ns2)n1. The van der Waals surface area contributed by atoms with Crippen LogP contribution in [-0.4, -0.2) is 19.3 Å². The number of nitrogen functional groups attached to an aromatic ring is 1. The second-order valence-electron chi connectivity index (χ2n) is 4.25. The molecule has 0 radical (unpaired) electrons. The highest BCUT2D eigenvalue weighted by molar-refractivity contribution is 8.00. The van der Waals surface area contributed by atoms with Crippen LogP contribution in [0.4, 0.5) is 5.82 Å². The Bertz CT molecular complexity index is 583. The topological polar surface area (TPSA) is 89.6 Å². The van der Waals surface area contributed by atoms with Crippen LogP contribution in [0.25, 0.3) is 0 Å². The Hall–Kier alpha value is -1.25. The zero-order valence-corrected chi connectivity index (χ0v) is 13.4. The predicted molar refractivity (Wildman–Crippen MR) is 82.0 cm³/mol. The zero-order valence-electron chi connectivity index (χ0n) is 11.8. The van der Waals surface area contributed by atoms with Gasteiger partial charge in [-0.3, -0.25) is 0 Å². The van der Waals surface area contributed by atoms with E-state index >= 15 is 0 Å². The lowest BCUT2D eigenvalue weighted by atomic mass is 10.3. The summed E-state index contributed by atoms with van der Waals surface area (Å²) in [5.74, 6) is 7.87. The molecule has 2 aromatic heterocycles. The molecule has 0 saturated heterocycles. The van der Waals surface area contributed by atoms with E-state index in [9.17, 15) is 0 Å². The summed E-state index contributed by atoms with van der Waals surface area (Å²) in [6, 6.07) is 0. The third kappa shape index (κ3) is 3.44. The molecular formula is C12H18N6S2. The Kier molecular flexibility index (Phi) is 5.27. The summed E-state index contributed by atoms with van der Waals surface area (Å²) in [6.45, 7) is 6.10. The molecule has 0 fully saturated rings. The second-order valence-corrected chi connectivity index (χ2v) is 6.23. The third-order valence-corrected chi connectivity index (χ3v) is 4.59. The number of anilines is 1. The molecule has 0 aliphatic rings. The maximum absolute atomic E-state index is 5.53. The van der Waals surface area contributed by atoms with Crippen LogP contribution in [0.5, 0.6) is 0 Å². The van der Waals surface area contributed by atoms with Gasteiger partial charge in [-0.25, -0.2) is 20.8 Å². The normalized spacial score (nSPS) is 10.8. The summed E-state index contributed by atoms with van der Waals surface area (Å²) >= 11 is 2.92. The monoisotopic (exact) mass is 310 g/mol. The summed E-state index contributed by atoms with van der Waals surface area (Å²) in [4.78, 5) is 13.5. The molecule has 0 spiro atoms. The van der Waals surface area contributed by atoms with Gasteiger partial charge in [0.2, 0.25) is 0 Å². The molecule has 0 unspecified atom stereocenters. The fourth-order valence-electron chi connectivity index (χ4n) is 1.62. The van der Waals surface area contributed by atoms with Crippen LogP contribution >= 0.6 is 23.3 Å². The van der Waals surface area contributed by atoms with Crippen molar-refractivity contribution in [3.63, 3.8) is 0 Å². The Labute approximate surface area is 126 Å². The van der Waals surface area contributed by atoms with Crippen molar-refractivity contribution >= 4 is 29.1 Å². The molecule has 2 heterocycles. The molecule has 2 aromatic rings. The number of aryl methyl sites for hydroxylation is 2. The van der Waals surface area contributed by atoms with E-state index in [-0.39, 0.29) is 0 Å². The predicted octanol–water partition coefficient (Wildman–Crippen LogP) is 2.59. The number of hydrazine groups is 1. The van der Waals surface area contributed by atoms with Crippen molar-refractivity contribution in [1.29, 1.82) is 0 Å². The first-order valence-corrected chi connectivity index (χ1v) is 8.11. The summed E-state index contributed by atoms with van der Waals surface area (Å²) < 4.78 is 5.19. The average molecular weight is 310 g/mol. The lowest BCUT2D eigenvalue weighted by molar-refractivity contribution is 0.802. The fraction of sp³-hybridized carbons (Fsp3) is 0.500. The number of nitrogens with zero attached hydrogens (tertiary/aromatic N) is 4. The maximum Gasteiger partial charge on any atom is 0.176 e. The summed E-state index contributed by atoms with van der Waals surface area (Å²) in [5, 5.41) is 0.884. The van der Waals surface area contributed by atoms with E-state index in [0.29, 0.717) is 5.82 Å². The lowest BCUT2D eigenvalue weighted by Gasteiger charge is -2.10. The molecule has 0 aromatic carbocycles. The Morgan fingerprint density at radius 3 is 2.60 bits per heavy atom. The van der Waals surface area contributed by atoms with Gasteiger partial charge in [0.25, 0.3) is 0 Å². The van der Waals surface area contributed by atoms with E-state index in [1.165, 1.54) is 23.3 Å². The molecular weight excluding hydrogens is 292 g/mol. The number of rotatable bonds is 6. The van der Waals surface area contributed by atoms with Gasteiger partial charge in [0, 0.05) is 18.4 Å². The highest BCUT2D eigenvalue weighted by Crippen LogP contribution is 2.32. The second kappa shape index (κ2) is 6.96. The van der Waals surface area contributed by atoms with Gasteiger partial charge < -0.3 is 5.43 Å². The van der Waals surface area contributed by atoms with E-state index < -0.39 is 0 Å². The number of nitrogens with one attached hydrogen (secondary N) is 1. The van der Waals surface area contributed by atoms with Crippen LogP contribution in [0, 0.1) is 6.92 Å². The van der Waals surface area contributed by atoms with Crippen molar-refractivity contribution in [2.75, 3.05) is 5.43 Å². The molecule has 0 amide bonds. The van der Waals surface area contributed by atoms with Gasteiger partial charge in [0.05, 0.1) is 0 Å². The van der Waals surface area contributed by atoms with Crippen LogP contribution < -0.4 is 11.3 Å². The molecule has 0 saturated carbocycles. The quantitative estimate of drug-likeness (QED) is 0.481. The molecule has 0 aliphatic heterocycles. The molecule has 0 bridgehead atoms. The Morgan fingerprint density at radius 1 is 1.20 bits per heavy atom. The summed E-state index contributed by atoms with van der Waals surface area (Å²) in [5.41, 5.74) is 3.58. The lowest BCUT2D eigenvalue weighted by Crippen LogP contribution is -2.13. The van der Waals surface area contributed by atoms with E-state index in [0.717, 1.165) is 45.8 Å². The molecule has 108 valence electrons. The standard InChI is InChI=1S/C12H18N6S2/c1-4-6-9-14-10(17-13)7(3)11(15-9)19-12-16-8(5-2)18-20-12/h4-6,13H2,1-3H3,(H,14,15,17). The average Bonchev–Trinajstić information content (AvgIpc) is 2.90. The van der Waals surface area contributed by atoms with Gasteiger partial charge in [-0.15, -0.1) is 0 Å². The van der Waals surface area contributed by atoms with Crippen LogP contribution in [0.3, 0.4) is 0 Å². The molecule has 6 nitrogen and oxygen atoms in total. The third-order valence-electron chi connectivity index (χ3n) is 2.71. The van der Waals surface area contributed by atoms with Crippen molar-refractivity contribution in [2.24, 2.45) is 5.84 Å². The Morgan fingerprint density at radius 2 is 2.00 bits per heavy atom. The van der Waals surface area contributed by atoms with E-state index in [1.54, 1.807) is 0 Å². The van der Waals surface area contributed by atoms with Crippen molar-refractivity contribution in [1.82, 2.24) is 19.3 Å². The van der Waals surface area contributed by atoms with Gasteiger partial charge in [-0.1, -0.05) is 13.8 Å². The van der Waals surface area contributed by atoms with Crippen LogP contribution in [-0.2, 0) is 12.8 Å². The smallest absolute Gasteiger partial charge is 0.176 e. The summed E-state index contributed by atoms with van der Waals surface area (Å²) in [7, 11) is 0. The number of hydrogen-bond acceptors (Lipinski definition) is 8. The molecule has 2 rings (SSSR count). The number of hydrogen-bond donors (Lipinski definition) is 2. The minimum absolute atomic E-state index is 0.672. The van der Waals surface area contributed by atoms with Crippen LogP contribution in [0.1, 0.15) is 37.5 Å². The number of nitrogens with two attached hydrogens (primary N) is 1. The molecule has 20 heavy (non-hydrogen) atoms. The highest BCUT2D eigenvalue weighted by atomic mass is 32.2. The van der Waals surface area contributed by atoms with Crippen molar-refractivity contribution in [3.8, 4) is 0 Å². The first-order chi connectivity index (χ1) is 9.67. The molecule has 8 heteroatoms. The minimum atomic E-state index is 0.672. The van der Waals surface area contributed by atoms with Crippen molar-refractivity contribution in [3.05, 3.63) is 17.2 Å². The number of aromatic nitrogens is 4. The first-order valence-electron chi connectivity index (χ1n) is 6.52. The van der Waals surface area contributed by atoms with E-state index in [2.05, 4.69) is 31.7 Å². The van der Waals surface area contributed by atoms with Crippen molar-refractivity contribution in [2.45, 2.75) is 49.4 Å². The van der Waals surface area contributed by atoms with Crippen LogP contribution in [0.15, 0.2) is 9.37 Å². The van der Waals surface area contributed by atoms with E-state index in [1.807, 2.05) is 13.8 Å². The minimum Gasteiger partial charge on any atom is -0.308 e. The largest absolute Gasteiger partial charge is 0.308 e. The molecule has 3 N–H and O–H groups in total. The highest BCUT2D eigenvalue weighted by Gasteiger charge is 2.13.